The average Bonchev–Trinajstić information content (AvgIpc) is 2.95. The molecule has 4 nitrogen and oxygen atoms in total. The summed E-state index contributed by atoms with van der Waals surface area (Å²) in [6.07, 6.45) is 16.1. The van der Waals surface area contributed by atoms with Crippen molar-refractivity contribution in [3.05, 3.63) is 0 Å². The molecule has 0 aliphatic carbocycles. The van der Waals surface area contributed by atoms with E-state index in [0.29, 0.717) is 18.8 Å². The number of hydrogen-bond acceptors (Lipinski definition) is 3. The second-order valence-electron chi connectivity index (χ2n) is 10.7. The van der Waals surface area contributed by atoms with Crippen LogP contribution in [-0.2, 0) is 9.59 Å². The number of carbonyl (C=O) groups is 2. The highest BCUT2D eigenvalue weighted by molar-refractivity contribution is 6.02. The van der Waals surface area contributed by atoms with E-state index in [1.807, 2.05) is 0 Å². The van der Waals surface area contributed by atoms with Gasteiger partial charge in [-0.15, -0.1) is 0 Å². The number of hydrogen-bond donors (Lipinski definition) is 1. The van der Waals surface area contributed by atoms with Crippen LogP contribution in [0, 0.1) is 5.92 Å². The van der Waals surface area contributed by atoms with Crippen molar-refractivity contribution in [3.8, 4) is 0 Å². The SMILES string of the molecule is CCCCCCCCCCCCC1C(N2C(=O)CCC2=O)CC(C)(C)NC1(C)C. The molecule has 0 aromatic carbocycles. The lowest BCUT2D eigenvalue weighted by atomic mass is 9.69. The average molecular weight is 407 g/mol. The first-order valence-electron chi connectivity index (χ1n) is 12.3. The van der Waals surface area contributed by atoms with Crippen LogP contribution in [0.1, 0.15) is 125 Å². The molecule has 2 aliphatic heterocycles. The summed E-state index contributed by atoms with van der Waals surface area (Å²) in [4.78, 5) is 26.6. The van der Waals surface area contributed by atoms with Crippen LogP contribution in [-0.4, -0.2) is 33.8 Å². The van der Waals surface area contributed by atoms with Gasteiger partial charge in [-0.1, -0.05) is 71.1 Å². The number of likely N-dealkylation sites (tertiary alicyclic amines) is 1. The predicted molar refractivity (Wildman–Crippen MR) is 121 cm³/mol. The summed E-state index contributed by atoms with van der Waals surface area (Å²) in [7, 11) is 0. The van der Waals surface area contributed by atoms with Crippen LogP contribution in [0.3, 0.4) is 0 Å². The van der Waals surface area contributed by atoms with Crippen molar-refractivity contribution >= 4 is 11.8 Å². The summed E-state index contributed by atoms with van der Waals surface area (Å²) >= 11 is 0. The van der Waals surface area contributed by atoms with Crippen LogP contribution < -0.4 is 5.32 Å². The van der Waals surface area contributed by atoms with Gasteiger partial charge < -0.3 is 5.32 Å². The standard InChI is InChI=1S/C25H46N2O2/c1-6-7-8-9-10-11-12-13-14-15-16-20-21(27-22(28)17-18-23(27)29)19-24(2,3)26-25(20,4)5/h20-21,26H,6-19H2,1-5H3. The van der Waals surface area contributed by atoms with E-state index in [9.17, 15) is 9.59 Å². The molecule has 2 saturated heterocycles. The minimum Gasteiger partial charge on any atom is -0.306 e. The van der Waals surface area contributed by atoms with Crippen LogP contribution in [0.5, 0.6) is 0 Å². The maximum atomic E-state index is 12.5. The number of amides is 2. The Bertz CT molecular complexity index is 525. The minimum atomic E-state index is -0.0746. The molecule has 29 heavy (non-hydrogen) atoms. The fraction of sp³-hybridized carbons (Fsp3) is 0.920. The van der Waals surface area contributed by atoms with Crippen LogP contribution in [0.25, 0.3) is 0 Å². The van der Waals surface area contributed by atoms with Gasteiger partial charge in [-0.05, 0) is 46.5 Å². The third kappa shape index (κ3) is 7.08. The van der Waals surface area contributed by atoms with Gasteiger partial charge in [0.05, 0.1) is 0 Å². The molecule has 0 bridgehead atoms. The number of carbonyl (C=O) groups excluding carboxylic acids is 2. The molecule has 2 rings (SSSR count). The van der Waals surface area contributed by atoms with Crippen LogP contribution in [0.4, 0.5) is 0 Å². The first-order chi connectivity index (χ1) is 13.7. The summed E-state index contributed by atoms with van der Waals surface area (Å²) in [5.41, 5.74) is -0.138. The van der Waals surface area contributed by atoms with E-state index in [2.05, 4.69) is 39.9 Å². The van der Waals surface area contributed by atoms with Gasteiger partial charge in [0.1, 0.15) is 0 Å². The van der Waals surface area contributed by atoms with Gasteiger partial charge in [-0.25, -0.2) is 0 Å². The predicted octanol–water partition coefficient (Wildman–Crippen LogP) is 5.98. The molecule has 2 aliphatic rings. The van der Waals surface area contributed by atoms with E-state index < -0.39 is 0 Å². The van der Waals surface area contributed by atoms with Gasteiger partial charge in [0.15, 0.2) is 0 Å². The molecule has 0 aromatic rings. The Hall–Kier alpha value is -0.900. The quantitative estimate of drug-likeness (QED) is 0.320. The third-order valence-electron chi connectivity index (χ3n) is 7.06. The zero-order valence-corrected chi connectivity index (χ0v) is 19.8. The Morgan fingerprint density at radius 3 is 1.83 bits per heavy atom. The Morgan fingerprint density at radius 2 is 1.31 bits per heavy atom. The normalized spacial score (nSPS) is 26.3. The Balaban J connectivity index is 1.84. The lowest BCUT2D eigenvalue weighted by Gasteiger charge is -2.54. The molecule has 0 aromatic heterocycles. The number of rotatable bonds is 12. The minimum absolute atomic E-state index is 0.0431. The lowest BCUT2D eigenvalue weighted by molar-refractivity contribution is -0.145. The van der Waals surface area contributed by atoms with Crippen LogP contribution in [0.15, 0.2) is 0 Å². The molecular formula is C25H46N2O2. The monoisotopic (exact) mass is 406 g/mol. The zero-order valence-electron chi connectivity index (χ0n) is 19.8. The van der Waals surface area contributed by atoms with E-state index in [0.717, 1.165) is 12.8 Å². The molecule has 2 fully saturated rings. The fourth-order valence-corrected chi connectivity index (χ4v) is 5.80. The van der Waals surface area contributed by atoms with E-state index in [4.69, 9.17) is 0 Å². The first kappa shape index (κ1) is 24.4. The molecule has 0 saturated carbocycles. The Kier molecular flexibility index (Phi) is 9.18. The maximum Gasteiger partial charge on any atom is 0.229 e. The highest BCUT2D eigenvalue weighted by Gasteiger charge is 2.50. The van der Waals surface area contributed by atoms with Gasteiger partial charge in [-0.2, -0.15) is 0 Å². The summed E-state index contributed by atoms with van der Waals surface area (Å²) in [6.45, 7) is 11.2. The molecular weight excluding hydrogens is 360 g/mol. The highest BCUT2D eigenvalue weighted by Crippen LogP contribution is 2.40. The second-order valence-corrected chi connectivity index (χ2v) is 10.7. The number of imide groups is 1. The van der Waals surface area contributed by atoms with Crippen LogP contribution >= 0.6 is 0 Å². The number of unbranched alkanes of at least 4 members (excludes halogenated alkanes) is 9. The lowest BCUT2D eigenvalue weighted by Crippen LogP contribution is -2.68. The highest BCUT2D eigenvalue weighted by atomic mass is 16.2. The van der Waals surface area contributed by atoms with E-state index in [1.54, 1.807) is 4.90 Å². The maximum absolute atomic E-state index is 12.5. The molecule has 2 heterocycles. The summed E-state index contributed by atoms with van der Waals surface area (Å²) < 4.78 is 0. The molecule has 2 unspecified atom stereocenters. The summed E-state index contributed by atoms with van der Waals surface area (Å²) in [6, 6.07) is 0.0438. The topological polar surface area (TPSA) is 49.4 Å². The summed E-state index contributed by atoms with van der Waals surface area (Å²) in [5, 5.41) is 3.80. The van der Waals surface area contributed by atoms with Crippen molar-refractivity contribution in [1.82, 2.24) is 10.2 Å². The molecule has 1 N–H and O–H groups in total. The van der Waals surface area contributed by atoms with Crippen molar-refractivity contribution in [1.29, 1.82) is 0 Å². The van der Waals surface area contributed by atoms with Crippen molar-refractivity contribution in [2.45, 2.75) is 142 Å². The van der Waals surface area contributed by atoms with Crippen LogP contribution in [0.2, 0.25) is 0 Å². The van der Waals surface area contributed by atoms with E-state index in [1.165, 1.54) is 64.2 Å². The number of nitrogens with one attached hydrogen (secondary N) is 1. The molecule has 0 spiro atoms. The van der Waals surface area contributed by atoms with E-state index in [-0.39, 0.29) is 28.9 Å². The molecule has 2 amide bonds. The van der Waals surface area contributed by atoms with Crippen molar-refractivity contribution in [2.75, 3.05) is 0 Å². The Morgan fingerprint density at radius 1 is 0.828 bits per heavy atom. The van der Waals surface area contributed by atoms with Gasteiger partial charge >= 0.3 is 0 Å². The molecule has 0 radical (unpaired) electrons. The second kappa shape index (κ2) is 10.9. The van der Waals surface area contributed by atoms with Gasteiger partial charge in [0, 0.05) is 30.0 Å². The van der Waals surface area contributed by atoms with Crippen molar-refractivity contribution in [3.63, 3.8) is 0 Å². The van der Waals surface area contributed by atoms with E-state index >= 15 is 0 Å². The number of nitrogens with zero attached hydrogens (tertiary/aromatic N) is 1. The largest absolute Gasteiger partial charge is 0.306 e. The first-order valence-corrected chi connectivity index (χ1v) is 12.3. The van der Waals surface area contributed by atoms with Gasteiger partial charge in [0.25, 0.3) is 0 Å². The zero-order chi connectivity index (χ0) is 21.5. The molecule has 4 heteroatoms. The number of piperidine rings is 1. The third-order valence-corrected chi connectivity index (χ3v) is 7.06. The van der Waals surface area contributed by atoms with Crippen molar-refractivity contribution in [2.24, 2.45) is 5.92 Å². The summed E-state index contributed by atoms with van der Waals surface area (Å²) in [5.74, 6) is 0.415. The van der Waals surface area contributed by atoms with Gasteiger partial charge in [0.2, 0.25) is 11.8 Å². The fourth-order valence-electron chi connectivity index (χ4n) is 5.80. The molecule has 2 atom stereocenters. The van der Waals surface area contributed by atoms with Crippen molar-refractivity contribution < 1.29 is 9.59 Å². The van der Waals surface area contributed by atoms with Gasteiger partial charge in [-0.3, -0.25) is 14.5 Å². The molecule has 168 valence electrons. The Labute approximate surface area is 179 Å². The smallest absolute Gasteiger partial charge is 0.229 e.